The minimum absolute atomic E-state index is 0.0737. The van der Waals surface area contributed by atoms with Crippen LogP contribution in [-0.2, 0) is 16.0 Å². The second-order valence-electron chi connectivity index (χ2n) is 7.38. The molecule has 2 aromatic rings. The zero-order valence-corrected chi connectivity index (χ0v) is 16.6. The molecule has 1 atom stereocenters. The molecule has 152 valence electrons. The quantitative estimate of drug-likeness (QED) is 0.696. The first kappa shape index (κ1) is 20.5. The van der Waals surface area contributed by atoms with E-state index in [9.17, 15) is 14.4 Å². The molecule has 2 aromatic carbocycles. The Labute approximate surface area is 170 Å². The number of nitrogens with zero attached hydrogens (tertiary/aromatic N) is 1. The molecule has 7 heteroatoms. The van der Waals surface area contributed by atoms with Gasteiger partial charge in [-0.3, -0.25) is 19.3 Å². The van der Waals surface area contributed by atoms with Gasteiger partial charge in [-0.25, -0.2) is 0 Å². The molecule has 0 saturated carbocycles. The minimum atomic E-state index is -0.615. The molecule has 29 heavy (non-hydrogen) atoms. The topological polar surface area (TPSA) is 105 Å². The molecule has 0 radical (unpaired) electrons. The Morgan fingerprint density at radius 3 is 2.55 bits per heavy atom. The number of nitrogens with two attached hydrogens (primary N) is 1. The molecule has 1 heterocycles. The van der Waals surface area contributed by atoms with Crippen molar-refractivity contribution in [1.29, 1.82) is 0 Å². The largest absolute Gasteiger partial charge is 0.351 e. The summed E-state index contributed by atoms with van der Waals surface area (Å²) in [5.74, 6) is -0.768. The van der Waals surface area contributed by atoms with Gasteiger partial charge in [0.2, 0.25) is 11.8 Å². The van der Waals surface area contributed by atoms with Crippen LogP contribution in [0, 0.1) is 5.92 Å². The van der Waals surface area contributed by atoms with E-state index in [1.807, 2.05) is 44.2 Å². The third-order valence-electron chi connectivity index (χ3n) is 4.85. The molecule has 0 aromatic heterocycles. The summed E-state index contributed by atoms with van der Waals surface area (Å²) in [4.78, 5) is 39.8. The van der Waals surface area contributed by atoms with E-state index in [2.05, 4.69) is 10.6 Å². The summed E-state index contributed by atoms with van der Waals surface area (Å²) in [7, 11) is 0. The predicted molar refractivity (Wildman–Crippen MR) is 113 cm³/mol. The van der Waals surface area contributed by atoms with E-state index in [1.165, 1.54) is 0 Å². The van der Waals surface area contributed by atoms with Gasteiger partial charge in [-0.1, -0.05) is 44.2 Å². The zero-order chi connectivity index (χ0) is 21.0. The van der Waals surface area contributed by atoms with Crippen molar-refractivity contribution in [3.8, 4) is 0 Å². The van der Waals surface area contributed by atoms with Crippen LogP contribution in [0.25, 0.3) is 0 Å². The van der Waals surface area contributed by atoms with E-state index in [4.69, 9.17) is 5.73 Å². The highest BCUT2D eigenvalue weighted by Gasteiger charge is 2.38. The van der Waals surface area contributed by atoms with E-state index in [0.29, 0.717) is 30.0 Å². The molecule has 3 rings (SSSR count). The number of hydrogen-bond acceptors (Lipinski definition) is 4. The van der Waals surface area contributed by atoms with Crippen LogP contribution in [0.2, 0.25) is 0 Å². The second-order valence-corrected chi connectivity index (χ2v) is 7.38. The van der Waals surface area contributed by atoms with Crippen molar-refractivity contribution in [2.24, 2.45) is 11.7 Å². The Kier molecular flexibility index (Phi) is 6.29. The maximum atomic E-state index is 13.2. The summed E-state index contributed by atoms with van der Waals surface area (Å²) in [5, 5.41) is 5.56. The van der Waals surface area contributed by atoms with Crippen LogP contribution in [0.4, 0.5) is 11.4 Å². The normalized spacial score (nSPS) is 15.7. The number of carbonyl (C=O) groups excluding carboxylic acids is 3. The van der Waals surface area contributed by atoms with Crippen molar-refractivity contribution < 1.29 is 14.4 Å². The van der Waals surface area contributed by atoms with Gasteiger partial charge in [-0.05, 0) is 29.7 Å². The first-order valence-corrected chi connectivity index (χ1v) is 9.71. The van der Waals surface area contributed by atoms with Crippen molar-refractivity contribution in [2.75, 3.05) is 23.3 Å². The minimum Gasteiger partial charge on any atom is -0.351 e. The van der Waals surface area contributed by atoms with Gasteiger partial charge in [0, 0.05) is 18.7 Å². The summed E-state index contributed by atoms with van der Waals surface area (Å²) in [5.41, 5.74) is 7.75. The molecule has 0 saturated heterocycles. The summed E-state index contributed by atoms with van der Waals surface area (Å²) in [6.45, 7) is 4.52. The molecule has 0 bridgehead atoms. The molecule has 1 aliphatic heterocycles. The number of carbonyl (C=O) groups is 3. The molecular weight excluding hydrogens is 368 g/mol. The summed E-state index contributed by atoms with van der Waals surface area (Å²) in [6, 6.07) is 13.8. The fourth-order valence-electron chi connectivity index (χ4n) is 3.50. The van der Waals surface area contributed by atoms with Gasteiger partial charge in [0.15, 0.2) is 0 Å². The first-order chi connectivity index (χ1) is 13.9. The lowest BCUT2D eigenvalue weighted by molar-refractivity contribution is -0.124. The number of amides is 3. The fraction of sp³-hybridized carbons (Fsp3) is 0.318. The third-order valence-corrected chi connectivity index (χ3v) is 4.85. The smallest absolute Gasteiger partial charge is 0.251 e. The Bertz CT molecular complexity index is 912. The summed E-state index contributed by atoms with van der Waals surface area (Å²) >= 11 is 0. The average molecular weight is 394 g/mol. The van der Waals surface area contributed by atoms with Crippen LogP contribution < -0.4 is 21.3 Å². The number of rotatable bonds is 6. The van der Waals surface area contributed by atoms with Crippen LogP contribution >= 0.6 is 0 Å². The fourth-order valence-corrected chi connectivity index (χ4v) is 3.50. The molecular formula is C22H26N4O3. The molecule has 0 spiro atoms. The lowest BCUT2D eigenvalue weighted by Crippen LogP contribution is -2.54. The molecule has 3 amide bonds. The van der Waals surface area contributed by atoms with Crippen LogP contribution in [0.15, 0.2) is 48.5 Å². The SMILES string of the molecule is CC(C)C1C(=O)Nc2cc(C(=O)NCCN)ccc2N1C(=O)Cc1ccccc1. The Morgan fingerprint density at radius 2 is 1.90 bits per heavy atom. The summed E-state index contributed by atoms with van der Waals surface area (Å²) in [6.07, 6.45) is 0.190. The number of benzene rings is 2. The maximum absolute atomic E-state index is 13.2. The Balaban J connectivity index is 1.96. The van der Waals surface area contributed by atoms with Gasteiger partial charge in [0.1, 0.15) is 6.04 Å². The average Bonchev–Trinajstić information content (AvgIpc) is 2.70. The van der Waals surface area contributed by atoms with Gasteiger partial charge in [0.25, 0.3) is 5.91 Å². The van der Waals surface area contributed by atoms with Crippen LogP contribution in [0.5, 0.6) is 0 Å². The first-order valence-electron chi connectivity index (χ1n) is 9.71. The molecule has 1 unspecified atom stereocenters. The molecule has 4 N–H and O–H groups in total. The predicted octanol–water partition coefficient (Wildman–Crippen LogP) is 1.93. The molecule has 0 aliphatic carbocycles. The number of anilines is 2. The van der Waals surface area contributed by atoms with Crippen molar-refractivity contribution >= 4 is 29.1 Å². The van der Waals surface area contributed by atoms with Gasteiger partial charge in [-0.2, -0.15) is 0 Å². The Hall–Kier alpha value is -3.19. The van der Waals surface area contributed by atoms with Crippen molar-refractivity contribution in [3.05, 3.63) is 59.7 Å². The highest BCUT2D eigenvalue weighted by Crippen LogP contribution is 2.35. The maximum Gasteiger partial charge on any atom is 0.251 e. The number of hydrogen-bond donors (Lipinski definition) is 3. The number of fused-ring (bicyclic) bond motifs is 1. The van der Waals surface area contributed by atoms with E-state index in [1.54, 1.807) is 23.1 Å². The van der Waals surface area contributed by atoms with E-state index in [0.717, 1.165) is 5.56 Å². The van der Waals surface area contributed by atoms with E-state index in [-0.39, 0.29) is 30.1 Å². The van der Waals surface area contributed by atoms with Crippen molar-refractivity contribution in [3.63, 3.8) is 0 Å². The highest BCUT2D eigenvalue weighted by atomic mass is 16.2. The van der Waals surface area contributed by atoms with Crippen LogP contribution in [-0.4, -0.2) is 36.9 Å². The monoisotopic (exact) mass is 394 g/mol. The van der Waals surface area contributed by atoms with Crippen LogP contribution in [0.1, 0.15) is 29.8 Å². The van der Waals surface area contributed by atoms with Gasteiger partial charge in [0.05, 0.1) is 17.8 Å². The van der Waals surface area contributed by atoms with Gasteiger partial charge in [-0.15, -0.1) is 0 Å². The highest BCUT2D eigenvalue weighted by molar-refractivity contribution is 6.13. The molecule has 7 nitrogen and oxygen atoms in total. The lowest BCUT2D eigenvalue weighted by Gasteiger charge is -2.38. The van der Waals surface area contributed by atoms with Crippen LogP contribution in [0.3, 0.4) is 0 Å². The van der Waals surface area contributed by atoms with Crippen molar-refractivity contribution in [1.82, 2.24) is 5.32 Å². The van der Waals surface area contributed by atoms with Gasteiger partial charge < -0.3 is 16.4 Å². The zero-order valence-electron chi connectivity index (χ0n) is 16.6. The lowest BCUT2D eigenvalue weighted by atomic mass is 9.96. The molecule has 1 aliphatic rings. The third kappa shape index (κ3) is 4.46. The number of nitrogens with one attached hydrogen (secondary N) is 2. The van der Waals surface area contributed by atoms with E-state index >= 15 is 0 Å². The summed E-state index contributed by atoms with van der Waals surface area (Å²) < 4.78 is 0. The van der Waals surface area contributed by atoms with E-state index < -0.39 is 6.04 Å². The molecule has 0 fully saturated rings. The Morgan fingerprint density at radius 1 is 1.17 bits per heavy atom. The standard InChI is InChI=1S/C22H26N4O3/c1-14(2)20-22(29)25-17-13-16(21(28)24-11-10-23)8-9-18(17)26(20)19(27)12-15-6-4-3-5-7-15/h3-9,13-14,20H,10-12,23H2,1-2H3,(H,24,28)(H,25,29). The second kappa shape index (κ2) is 8.87. The van der Waals surface area contributed by atoms with Gasteiger partial charge >= 0.3 is 0 Å². The van der Waals surface area contributed by atoms with Crippen molar-refractivity contribution in [2.45, 2.75) is 26.3 Å².